The van der Waals surface area contributed by atoms with Gasteiger partial charge in [-0.05, 0) is 31.2 Å². The van der Waals surface area contributed by atoms with Crippen molar-refractivity contribution in [3.05, 3.63) is 33.9 Å². The highest BCUT2D eigenvalue weighted by atomic mass is 32.2. The van der Waals surface area contributed by atoms with Crippen molar-refractivity contribution in [2.75, 3.05) is 36.5 Å². The lowest BCUT2D eigenvalue weighted by Crippen LogP contribution is -2.35. The van der Waals surface area contributed by atoms with Gasteiger partial charge in [-0.2, -0.15) is 0 Å². The second-order valence-corrected chi connectivity index (χ2v) is 9.13. The molecule has 8 nitrogen and oxygen atoms in total. The van der Waals surface area contributed by atoms with Gasteiger partial charge in [0.05, 0.1) is 21.9 Å². The summed E-state index contributed by atoms with van der Waals surface area (Å²) in [6, 6.07) is 4.33. The van der Waals surface area contributed by atoms with Crippen LogP contribution in [0.5, 0.6) is 0 Å². The molecule has 1 amide bonds. The van der Waals surface area contributed by atoms with Crippen LogP contribution in [-0.2, 0) is 9.84 Å². The Morgan fingerprint density at radius 2 is 2.00 bits per heavy atom. The van der Waals surface area contributed by atoms with E-state index >= 15 is 0 Å². The van der Waals surface area contributed by atoms with E-state index in [1.807, 2.05) is 0 Å². The molecule has 0 aromatic heterocycles. The average molecular weight is 383 g/mol. The van der Waals surface area contributed by atoms with Crippen LogP contribution in [0.4, 0.5) is 11.4 Å². The van der Waals surface area contributed by atoms with Crippen molar-refractivity contribution in [1.82, 2.24) is 5.32 Å². The monoisotopic (exact) mass is 383 g/mol. The molecule has 9 heteroatoms. The van der Waals surface area contributed by atoms with Crippen molar-refractivity contribution in [2.45, 2.75) is 26.2 Å². The van der Waals surface area contributed by atoms with E-state index in [4.69, 9.17) is 0 Å². The molecule has 1 saturated heterocycles. The molecule has 0 unspecified atom stereocenters. The number of rotatable bonds is 7. The Morgan fingerprint density at radius 1 is 1.35 bits per heavy atom. The van der Waals surface area contributed by atoms with E-state index in [2.05, 4.69) is 17.1 Å². The molecule has 1 heterocycles. The Balaban J connectivity index is 2.16. The summed E-state index contributed by atoms with van der Waals surface area (Å²) in [5.74, 6) is 0.187. The van der Waals surface area contributed by atoms with E-state index in [-0.39, 0.29) is 23.5 Å². The normalized spacial score (nSPS) is 15.7. The van der Waals surface area contributed by atoms with Gasteiger partial charge >= 0.3 is 0 Å². The van der Waals surface area contributed by atoms with Crippen LogP contribution in [0.1, 0.15) is 36.5 Å². The quantitative estimate of drug-likeness (QED) is 0.438. The molecule has 0 bridgehead atoms. The number of nitrogens with one attached hydrogen (secondary N) is 1. The Morgan fingerprint density at radius 3 is 2.58 bits per heavy atom. The fourth-order valence-corrected chi connectivity index (χ4v) is 3.64. The Kier molecular flexibility index (Phi) is 6.57. The first-order chi connectivity index (χ1) is 12.2. The lowest BCUT2D eigenvalue weighted by molar-refractivity contribution is -0.384. The number of benzene rings is 1. The number of anilines is 1. The number of carbonyl (C=O) groups is 1. The number of carbonyl (C=O) groups excluding carboxylic acids is 1. The molecule has 1 fully saturated rings. The third kappa shape index (κ3) is 5.69. The zero-order valence-corrected chi connectivity index (χ0v) is 15.9. The summed E-state index contributed by atoms with van der Waals surface area (Å²) in [5, 5.41) is 13.7. The van der Waals surface area contributed by atoms with Gasteiger partial charge in [-0.1, -0.05) is 6.92 Å². The van der Waals surface area contributed by atoms with E-state index in [0.29, 0.717) is 18.0 Å². The van der Waals surface area contributed by atoms with Gasteiger partial charge in [0, 0.05) is 38.0 Å². The van der Waals surface area contributed by atoms with Gasteiger partial charge in [-0.3, -0.25) is 14.9 Å². The molecule has 26 heavy (non-hydrogen) atoms. The van der Waals surface area contributed by atoms with Gasteiger partial charge < -0.3 is 10.2 Å². The molecule has 0 aliphatic carbocycles. The van der Waals surface area contributed by atoms with Crippen molar-refractivity contribution in [2.24, 2.45) is 5.92 Å². The number of piperidine rings is 1. The van der Waals surface area contributed by atoms with Gasteiger partial charge in [0.1, 0.15) is 9.84 Å². The number of nitro benzene ring substituents is 1. The highest BCUT2D eigenvalue weighted by Gasteiger charge is 2.23. The Bertz CT molecular complexity index is 771. The summed E-state index contributed by atoms with van der Waals surface area (Å²) < 4.78 is 22.3. The first kappa shape index (κ1) is 20.2. The molecular weight excluding hydrogens is 358 g/mol. The number of amides is 1. The van der Waals surface area contributed by atoms with Crippen molar-refractivity contribution in [3.63, 3.8) is 0 Å². The topological polar surface area (TPSA) is 110 Å². The van der Waals surface area contributed by atoms with E-state index < -0.39 is 20.7 Å². The maximum Gasteiger partial charge on any atom is 0.270 e. The Hall–Kier alpha value is -2.16. The number of nitrogens with zero attached hydrogens (tertiary/aromatic N) is 2. The number of hydrogen-bond donors (Lipinski definition) is 1. The molecule has 0 saturated carbocycles. The second-order valence-electron chi connectivity index (χ2n) is 6.87. The first-order valence-electron chi connectivity index (χ1n) is 8.66. The summed E-state index contributed by atoms with van der Waals surface area (Å²) in [4.78, 5) is 25.2. The molecule has 0 spiro atoms. The zero-order valence-electron chi connectivity index (χ0n) is 15.1. The van der Waals surface area contributed by atoms with Crippen LogP contribution in [0, 0.1) is 16.0 Å². The molecule has 1 aromatic carbocycles. The number of nitro groups is 1. The SMILES string of the molecule is CC1CCN(c2ccc([N+](=O)[O-])cc2C(=O)NCCCS(C)(=O)=O)CC1. The maximum absolute atomic E-state index is 12.6. The van der Waals surface area contributed by atoms with Crippen LogP contribution in [-0.4, -0.2) is 50.9 Å². The average Bonchev–Trinajstić information content (AvgIpc) is 2.58. The molecule has 0 radical (unpaired) electrons. The van der Waals surface area contributed by atoms with Gasteiger partial charge in [-0.25, -0.2) is 8.42 Å². The molecule has 1 N–H and O–H groups in total. The smallest absolute Gasteiger partial charge is 0.270 e. The first-order valence-corrected chi connectivity index (χ1v) is 10.7. The third-order valence-corrected chi connectivity index (χ3v) is 5.57. The van der Waals surface area contributed by atoms with Gasteiger partial charge in [0.25, 0.3) is 11.6 Å². The molecular formula is C17H25N3O5S. The molecule has 144 valence electrons. The summed E-state index contributed by atoms with van der Waals surface area (Å²) in [6.07, 6.45) is 3.46. The van der Waals surface area contributed by atoms with Crippen molar-refractivity contribution in [1.29, 1.82) is 0 Å². The molecule has 1 aromatic rings. The zero-order chi connectivity index (χ0) is 19.3. The molecule has 1 aliphatic heterocycles. The van der Waals surface area contributed by atoms with E-state index in [1.54, 1.807) is 6.07 Å². The molecule has 2 rings (SSSR count). The standard InChI is InChI=1S/C17H25N3O5S/c1-13-6-9-19(10-7-13)16-5-4-14(20(22)23)12-15(16)17(21)18-8-3-11-26(2,24)25/h4-5,12-13H,3,6-11H2,1-2H3,(H,18,21). The minimum Gasteiger partial charge on any atom is -0.371 e. The van der Waals surface area contributed by atoms with Crippen molar-refractivity contribution in [3.8, 4) is 0 Å². The van der Waals surface area contributed by atoms with Crippen LogP contribution in [0.3, 0.4) is 0 Å². The largest absolute Gasteiger partial charge is 0.371 e. The fraction of sp³-hybridized carbons (Fsp3) is 0.588. The lowest BCUT2D eigenvalue weighted by atomic mass is 9.98. The van der Waals surface area contributed by atoms with Crippen molar-refractivity contribution < 1.29 is 18.1 Å². The van der Waals surface area contributed by atoms with Crippen LogP contribution >= 0.6 is 0 Å². The Labute approximate surface area is 153 Å². The third-order valence-electron chi connectivity index (χ3n) is 4.54. The molecule has 0 atom stereocenters. The highest BCUT2D eigenvalue weighted by Crippen LogP contribution is 2.29. The van der Waals surface area contributed by atoms with Gasteiger partial charge in [-0.15, -0.1) is 0 Å². The van der Waals surface area contributed by atoms with E-state index in [9.17, 15) is 23.3 Å². The van der Waals surface area contributed by atoms with Crippen LogP contribution in [0.2, 0.25) is 0 Å². The van der Waals surface area contributed by atoms with Gasteiger partial charge in [0.2, 0.25) is 0 Å². The molecule has 1 aliphatic rings. The van der Waals surface area contributed by atoms with Crippen LogP contribution in [0.15, 0.2) is 18.2 Å². The van der Waals surface area contributed by atoms with E-state index in [1.165, 1.54) is 12.1 Å². The number of sulfone groups is 1. The van der Waals surface area contributed by atoms with Gasteiger partial charge in [0.15, 0.2) is 0 Å². The summed E-state index contributed by atoms with van der Waals surface area (Å²) in [7, 11) is -3.08. The number of non-ortho nitro benzene ring substituents is 1. The highest BCUT2D eigenvalue weighted by molar-refractivity contribution is 7.90. The summed E-state index contributed by atoms with van der Waals surface area (Å²) in [6.45, 7) is 3.98. The van der Waals surface area contributed by atoms with Crippen molar-refractivity contribution >= 4 is 27.1 Å². The fourth-order valence-electron chi connectivity index (χ4n) is 2.98. The van der Waals surface area contributed by atoms with E-state index in [0.717, 1.165) is 32.2 Å². The number of hydrogen-bond acceptors (Lipinski definition) is 6. The predicted octanol–water partition coefficient (Wildman–Crippen LogP) is 2.00. The van der Waals surface area contributed by atoms with Crippen LogP contribution < -0.4 is 10.2 Å². The minimum atomic E-state index is -3.08. The predicted molar refractivity (Wildman–Crippen MR) is 100 cm³/mol. The summed E-state index contributed by atoms with van der Waals surface area (Å²) >= 11 is 0. The minimum absolute atomic E-state index is 0.0148. The maximum atomic E-state index is 12.6. The summed E-state index contributed by atoms with van der Waals surface area (Å²) in [5.41, 5.74) is 0.802. The second kappa shape index (κ2) is 8.48. The van der Waals surface area contributed by atoms with Crippen LogP contribution in [0.25, 0.3) is 0 Å². The lowest BCUT2D eigenvalue weighted by Gasteiger charge is -2.33.